The SMILES string of the molecule is CN1CCN(CCCNC(=O)c2ccc(-c3cc(Nc4ccc(Cl)cc4CF)ccc3O)nc2N)CC1. The minimum atomic E-state index is -0.675. The maximum absolute atomic E-state index is 13.4. The van der Waals surface area contributed by atoms with Gasteiger partial charge in [0.1, 0.15) is 18.2 Å². The molecule has 1 amide bonds. The lowest BCUT2D eigenvalue weighted by atomic mass is 10.1. The molecule has 5 N–H and O–H groups in total. The Labute approximate surface area is 221 Å². The lowest BCUT2D eigenvalue weighted by Crippen LogP contribution is -2.45. The summed E-state index contributed by atoms with van der Waals surface area (Å²) in [7, 11) is 2.13. The number of nitrogen functional groups attached to an aromatic ring is 1. The number of carbonyl (C=O) groups is 1. The van der Waals surface area contributed by atoms with E-state index in [9.17, 15) is 14.3 Å². The summed E-state index contributed by atoms with van der Waals surface area (Å²) >= 11 is 5.97. The van der Waals surface area contributed by atoms with Gasteiger partial charge in [-0.2, -0.15) is 0 Å². The number of aromatic nitrogens is 1. The first kappa shape index (κ1) is 26.7. The Balaban J connectivity index is 1.40. The lowest BCUT2D eigenvalue weighted by Gasteiger charge is -2.32. The van der Waals surface area contributed by atoms with Gasteiger partial charge in [-0.3, -0.25) is 4.79 Å². The van der Waals surface area contributed by atoms with Gasteiger partial charge >= 0.3 is 0 Å². The van der Waals surface area contributed by atoms with Crippen molar-refractivity contribution in [2.45, 2.75) is 13.1 Å². The van der Waals surface area contributed by atoms with Crippen LogP contribution in [0.3, 0.4) is 0 Å². The number of hydrogen-bond acceptors (Lipinski definition) is 7. The molecule has 37 heavy (non-hydrogen) atoms. The molecular formula is C27H32ClFN6O2. The topological polar surface area (TPSA) is 107 Å². The summed E-state index contributed by atoms with van der Waals surface area (Å²) in [4.78, 5) is 21.7. The standard InChI is InChI=1S/C27H32ClFN6O2/c1-34-11-13-35(14-12-34)10-2-9-31-27(37)21-5-7-24(33-26(21)30)22-16-20(4-8-25(22)36)32-23-6-3-19(28)15-18(23)17-29/h3-8,15-16,32,36H,2,9-14,17H2,1H3,(H2,30,33)(H,31,37). The number of pyridine rings is 1. The molecule has 4 rings (SSSR count). The molecule has 2 aromatic carbocycles. The van der Waals surface area contributed by atoms with E-state index in [2.05, 4.69) is 32.5 Å². The van der Waals surface area contributed by atoms with Crippen molar-refractivity contribution in [3.05, 3.63) is 64.7 Å². The zero-order valence-electron chi connectivity index (χ0n) is 20.8. The van der Waals surface area contributed by atoms with Crippen LogP contribution in [-0.4, -0.2) is 72.1 Å². The number of hydrogen-bond donors (Lipinski definition) is 4. The van der Waals surface area contributed by atoms with E-state index in [-0.39, 0.29) is 23.0 Å². The third kappa shape index (κ3) is 6.88. The van der Waals surface area contributed by atoms with E-state index in [0.29, 0.717) is 39.8 Å². The van der Waals surface area contributed by atoms with Crippen LogP contribution in [0.5, 0.6) is 5.75 Å². The highest BCUT2D eigenvalue weighted by Crippen LogP contribution is 2.33. The second-order valence-electron chi connectivity index (χ2n) is 9.18. The Kier molecular flexibility index (Phi) is 8.81. The van der Waals surface area contributed by atoms with Gasteiger partial charge in [-0.15, -0.1) is 0 Å². The van der Waals surface area contributed by atoms with Gasteiger partial charge in [-0.05, 0) is 68.5 Å². The molecule has 8 nitrogen and oxygen atoms in total. The minimum Gasteiger partial charge on any atom is -0.507 e. The summed E-state index contributed by atoms with van der Waals surface area (Å²) in [6.45, 7) is 5.03. The molecule has 0 unspecified atom stereocenters. The molecule has 0 aliphatic carbocycles. The predicted molar refractivity (Wildman–Crippen MR) is 146 cm³/mol. The molecule has 1 aromatic heterocycles. The third-order valence-electron chi connectivity index (χ3n) is 6.46. The Morgan fingerprint density at radius 1 is 1.14 bits per heavy atom. The largest absolute Gasteiger partial charge is 0.507 e. The maximum atomic E-state index is 13.4. The number of piperazine rings is 1. The van der Waals surface area contributed by atoms with E-state index in [1.54, 1.807) is 42.5 Å². The first-order valence-electron chi connectivity index (χ1n) is 12.2. The summed E-state index contributed by atoms with van der Waals surface area (Å²) < 4.78 is 13.4. The molecule has 10 heteroatoms. The number of phenols is 1. The number of rotatable bonds is 9. The highest BCUT2D eigenvalue weighted by Gasteiger charge is 2.16. The van der Waals surface area contributed by atoms with Crippen molar-refractivity contribution in [1.82, 2.24) is 20.1 Å². The average Bonchev–Trinajstić information content (AvgIpc) is 2.89. The minimum absolute atomic E-state index is 0.000351. The molecule has 0 spiro atoms. The second kappa shape index (κ2) is 12.2. The highest BCUT2D eigenvalue weighted by atomic mass is 35.5. The number of likely N-dealkylation sites (N-methyl/N-ethyl adjacent to an activating group) is 1. The number of phenolic OH excluding ortho intramolecular Hbond substituents is 1. The van der Waals surface area contributed by atoms with Gasteiger partial charge in [0.25, 0.3) is 5.91 Å². The molecule has 1 saturated heterocycles. The lowest BCUT2D eigenvalue weighted by molar-refractivity contribution is 0.0950. The fourth-order valence-corrected chi connectivity index (χ4v) is 4.45. The van der Waals surface area contributed by atoms with Gasteiger partial charge in [0.15, 0.2) is 0 Å². The Hall–Kier alpha value is -3.40. The molecule has 196 valence electrons. The number of nitrogens with one attached hydrogen (secondary N) is 2. The zero-order valence-corrected chi connectivity index (χ0v) is 21.6. The fourth-order valence-electron chi connectivity index (χ4n) is 4.26. The van der Waals surface area contributed by atoms with Crippen molar-refractivity contribution in [3.8, 4) is 17.0 Å². The maximum Gasteiger partial charge on any atom is 0.255 e. The smallest absolute Gasteiger partial charge is 0.255 e. The van der Waals surface area contributed by atoms with Crippen molar-refractivity contribution in [2.75, 3.05) is 57.4 Å². The summed E-state index contributed by atoms with van der Waals surface area (Å²) in [5.41, 5.74) is 8.84. The van der Waals surface area contributed by atoms with Crippen LogP contribution >= 0.6 is 11.6 Å². The molecule has 2 heterocycles. The molecule has 0 saturated carbocycles. The molecule has 0 radical (unpaired) electrons. The first-order chi connectivity index (χ1) is 17.8. The second-order valence-corrected chi connectivity index (χ2v) is 9.61. The average molecular weight is 527 g/mol. The van der Waals surface area contributed by atoms with Crippen LogP contribution in [0.1, 0.15) is 22.3 Å². The van der Waals surface area contributed by atoms with Crippen molar-refractivity contribution in [2.24, 2.45) is 0 Å². The van der Waals surface area contributed by atoms with Gasteiger partial charge in [-0.25, -0.2) is 9.37 Å². The van der Waals surface area contributed by atoms with E-state index < -0.39 is 6.67 Å². The van der Waals surface area contributed by atoms with Crippen molar-refractivity contribution >= 4 is 34.7 Å². The molecule has 1 aliphatic rings. The summed E-state index contributed by atoms with van der Waals surface area (Å²) in [5, 5.41) is 17.0. The number of amides is 1. The van der Waals surface area contributed by atoms with Crippen LogP contribution in [0.25, 0.3) is 11.3 Å². The Morgan fingerprint density at radius 3 is 2.65 bits per heavy atom. The van der Waals surface area contributed by atoms with Gasteiger partial charge < -0.3 is 31.3 Å². The quantitative estimate of drug-likeness (QED) is 0.244. The third-order valence-corrected chi connectivity index (χ3v) is 6.70. The Bertz CT molecular complexity index is 1250. The van der Waals surface area contributed by atoms with Crippen LogP contribution in [-0.2, 0) is 6.67 Å². The van der Waals surface area contributed by atoms with Crippen LogP contribution in [0.15, 0.2) is 48.5 Å². The molecule has 0 bridgehead atoms. The van der Waals surface area contributed by atoms with Gasteiger partial charge in [0.2, 0.25) is 0 Å². The molecular weight excluding hydrogens is 495 g/mol. The van der Waals surface area contributed by atoms with Crippen LogP contribution in [0.4, 0.5) is 21.6 Å². The fraction of sp³-hybridized carbons (Fsp3) is 0.333. The van der Waals surface area contributed by atoms with E-state index in [0.717, 1.165) is 39.1 Å². The zero-order chi connectivity index (χ0) is 26.4. The van der Waals surface area contributed by atoms with Crippen molar-refractivity contribution < 1.29 is 14.3 Å². The number of alkyl halides is 1. The number of benzene rings is 2. The monoisotopic (exact) mass is 526 g/mol. The molecule has 0 atom stereocenters. The molecule has 1 fully saturated rings. The van der Waals surface area contributed by atoms with E-state index in [4.69, 9.17) is 17.3 Å². The van der Waals surface area contributed by atoms with Crippen LogP contribution < -0.4 is 16.4 Å². The Morgan fingerprint density at radius 2 is 1.92 bits per heavy atom. The van der Waals surface area contributed by atoms with Crippen LogP contribution in [0, 0.1) is 0 Å². The van der Waals surface area contributed by atoms with Crippen molar-refractivity contribution in [3.63, 3.8) is 0 Å². The van der Waals surface area contributed by atoms with E-state index >= 15 is 0 Å². The molecule has 1 aliphatic heterocycles. The summed E-state index contributed by atoms with van der Waals surface area (Å²) in [6.07, 6.45) is 0.853. The summed E-state index contributed by atoms with van der Waals surface area (Å²) in [5.74, 6) is -0.208. The highest BCUT2D eigenvalue weighted by molar-refractivity contribution is 6.30. The van der Waals surface area contributed by atoms with E-state index in [1.165, 1.54) is 6.07 Å². The molecule has 3 aromatic rings. The van der Waals surface area contributed by atoms with Gasteiger partial charge in [-0.1, -0.05) is 11.6 Å². The number of nitrogens with zero attached hydrogens (tertiary/aromatic N) is 3. The number of carbonyl (C=O) groups excluding carboxylic acids is 1. The van der Waals surface area contributed by atoms with Gasteiger partial charge in [0, 0.05) is 60.2 Å². The number of nitrogens with two attached hydrogens (primary N) is 1. The first-order valence-corrected chi connectivity index (χ1v) is 12.6. The predicted octanol–water partition coefficient (Wildman–Crippen LogP) is 4.27. The summed E-state index contributed by atoms with van der Waals surface area (Å²) in [6, 6.07) is 13.0. The number of aromatic hydroxyl groups is 1. The van der Waals surface area contributed by atoms with Crippen molar-refractivity contribution in [1.29, 1.82) is 0 Å². The van der Waals surface area contributed by atoms with E-state index in [1.807, 2.05) is 0 Å². The number of anilines is 3. The van der Waals surface area contributed by atoms with Gasteiger partial charge in [0.05, 0.1) is 11.3 Å². The normalized spacial score (nSPS) is 14.5. The number of halogens is 2. The van der Waals surface area contributed by atoms with Crippen LogP contribution in [0.2, 0.25) is 5.02 Å².